The third-order valence-corrected chi connectivity index (χ3v) is 6.79. The van der Waals surface area contributed by atoms with Gasteiger partial charge < -0.3 is 15.0 Å². The number of carbonyl (C=O) groups excluding carboxylic acids is 1. The van der Waals surface area contributed by atoms with Crippen molar-refractivity contribution in [2.24, 2.45) is 10.8 Å². The molecule has 4 saturated carbocycles. The van der Waals surface area contributed by atoms with Gasteiger partial charge >= 0.3 is 6.03 Å². The van der Waals surface area contributed by atoms with E-state index < -0.39 is 5.67 Å². The summed E-state index contributed by atoms with van der Waals surface area (Å²) in [5.41, 5.74) is -1.76. The van der Waals surface area contributed by atoms with Gasteiger partial charge in [0, 0.05) is 18.5 Å². The minimum Gasteiger partial charge on any atom is -0.377 e. The first-order chi connectivity index (χ1) is 11.0. The molecule has 4 bridgehead atoms. The molecule has 5 heteroatoms. The number of amides is 2. The molecule has 4 aliphatic carbocycles. The summed E-state index contributed by atoms with van der Waals surface area (Å²) in [4.78, 5) is 14.9. The molecule has 1 saturated heterocycles. The SMILES string of the molecule is CC12CC3(C)CC(F)(C1)CC(NC(=O)N1CCOCC1(C)C)(C2)C3. The Hall–Kier alpha value is -0.840. The van der Waals surface area contributed by atoms with Crippen LogP contribution >= 0.6 is 0 Å². The molecule has 0 radical (unpaired) electrons. The standard InChI is InChI=1S/C19H31FN2O2/c1-15(2)13-24-6-5-22(15)14(23)21-19-10-16(3)7-17(4,11-19)9-18(20,8-16)12-19/h5-13H2,1-4H3,(H,21,23). The smallest absolute Gasteiger partial charge is 0.318 e. The second-order valence-electron chi connectivity index (χ2n) is 10.6. The molecular weight excluding hydrogens is 307 g/mol. The normalized spacial score (nSPS) is 49.3. The van der Waals surface area contributed by atoms with Crippen molar-refractivity contribution in [3.63, 3.8) is 0 Å². The predicted molar refractivity (Wildman–Crippen MR) is 90.6 cm³/mol. The molecule has 0 aromatic rings. The van der Waals surface area contributed by atoms with Crippen molar-refractivity contribution in [1.29, 1.82) is 0 Å². The molecule has 5 aliphatic rings. The number of ether oxygens (including phenoxy) is 1. The van der Waals surface area contributed by atoms with Crippen LogP contribution in [0.3, 0.4) is 0 Å². The van der Waals surface area contributed by atoms with Gasteiger partial charge in [-0.3, -0.25) is 0 Å². The van der Waals surface area contributed by atoms with Crippen molar-refractivity contribution >= 4 is 6.03 Å². The van der Waals surface area contributed by atoms with Gasteiger partial charge in [0.1, 0.15) is 5.67 Å². The number of alkyl halides is 1. The predicted octanol–water partition coefficient (Wildman–Crippen LogP) is 3.65. The largest absolute Gasteiger partial charge is 0.377 e. The van der Waals surface area contributed by atoms with Crippen molar-refractivity contribution < 1.29 is 13.9 Å². The van der Waals surface area contributed by atoms with Crippen molar-refractivity contribution in [3.05, 3.63) is 0 Å². The van der Waals surface area contributed by atoms with E-state index in [0.717, 1.165) is 19.3 Å². The summed E-state index contributed by atoms with van der Waals surface area (Å²) in [5, 5.41) is 3.32. The van der Waals surface area contributed by atoms with E-state index in [1.807, 2.05) is 18.7 Å². The maximum atomic E-state index is 15.5. The lowest BCUT2D eigenvalue weighted by molar-refractivity contribution is -0.170. The summed E-state index contributed by atoms with van der Waals surface area (Å²) in [5.74, 6) is 0. The fourth-order valence-corrected chi connectivity index (χ4v) is 7.21. The number of rotatable bonds is 1. The summed E-state index contributed by atoms with van der Waals surface area (Å²) in [7, 11) is 0. The van der Waals surface area contributed by atoms with E-state index in [1.54, 1.807) is 0 Å². The number of carbonyl (C=O) groups is 1. The molecule has 1 heterocycles. The van der Waals surface area contributed by atoms with Crippen LogP contribution in [0.15, 0.2) is 0 Å². The number of urea groups is 1. The van der Waals surface area contributed by atoms with Gasteiger partial charge in [0.2, 0.25) is 0 Å². The Morgan fingerprint density at radius 1 is 1.00 bits per heavy atom. The first kappa shape index (κ1) is 16.6. The molecule has 1 aliphatic heterocycles. The van der Waals surface area contributed by atoms with Gasteiger partial charge in [0.25, 0.3) is 0 Å². The number of morpholine rings is 1. The monoisotopic (exact) mass is 338 g/mol. The molecule has 0 aromatic carbocycles. The summed E-state index contributed by atoms with van der Waals surface area (Å²) in [6, 6.07) is -0.0407. The fourth-order valence-electron chi connectivity index (χ4n) is 7.21. The molecule has 0 aromatic heterocycles. The zero-order valence-electron chi connectivity index (χ0n) is 15.5. The van der Waals surface area contributed by atoms with E-state index in [9.17, 15) is 4.79 Å². The lowest BCUT2D eigenvalue weighted by atomic mass is 9.42. The highest BCUT2D eigenvalue weighted by Gasteiger charge is 2.66. The summed E-state index contributed by atoms with van der Waals surface area (Å²) in [6.45, 7) is 10.2. The number of nitrogens with zero attached hydrogens (tertiary/aromatic N) is 1. The molecule has 2 unspecified atom stereocenters. The van der Waals surface area contributed by atoms with Gasteiger partial charge in [-0.25, -0.2) is 9.18 Å². The Morgan fingerprint density at radius 2 is 1.62 bits per heavy atom. The molecule has 2 amide bonds. The second kappa shape index (κ2) is 4.66. The molecule has 24 heavy (non-hydrogen) atoms. The Kier molecular flexibility index (Phi) is 3.22. The molecule has 0 spiro atoms. The van der Waals surface area contributed by atoms with Gasteiger partial charge in [-0.2, -0.15) is 0 Å². The highest BCUT2D eigenvalue weighted by Crippen LogP contribution is 2.68. The van der Waals surface area contributed by atoms with Gasteiger partial charge in [0.15, 0.2) is 0 Å². The molecular formula is C19H31FN2O2. The molecule has 136 valence electrons. The van der Waals surface area contributed by atoms with Crippen LogP contribution in [-0.4, -0.2) is 47.4 Å². The van der Waals surface area contributed by atoms with Crippen LogP contribution in [0, 0.1) is 10.8 Å². The van der Waals surface area contributed by atoms with Crippen molar-refractivity contribution in [1.82, 2.24) is 10.2 Å². The summed E-state index contributed by atoms with van der Waals surface area (Å²) >= 11 is 0. The van der Waals surface area contributed by atoms with Crippen LogP contribution < -0.4 is 5.32 Å². The number of hydrogen-bond acceptors (Lipinski definition) is 2. The third kappa shape index (κ3) is 2.54. The van der Waals surface area contributed by atoms with E-state index in [-0.39, 0.29) is 27.9 Å². The lowest BCUT2D eigenvalue weighted by Gasteiger charge is -2.67. The average molecular weight is 338 g/mol. The topological polar surface area (TPSA) is 41.6 Å². The van der Waals surface area contributed by atoms with Crippen LogP contribution in [0.1, 0.15) is 66.2 Å². The lowest BCUT2D eigenvalue weighted by Crippen LogP contribution is -2.71. The van der Waals surface area contributed by atoms with Crippen LogP contribution in [-0.2, 0) is 4.74 Å². The van der Waals surface area contributed by atoms with Gasteiger partial charge in [-0.15, -0.1) is 0 Å². The molecule has 4 nitrogen and oxygen atoms in total. The van der Waals surface area contributed by atoms with Crippen molar-refractivity contribution in [2.75, 3.05) is 19.8 Å². The summed E-state index contributed by atoms with van der Waals surface area (Å²) in [6.07, 6.45) is 4.73. The Morgan fingerprint density at radius 3 is 2.17 bits per heavy atom. The molecule has 5 fully saturated rings. The first-order valence-corrected chi connectivity index (χ1v) is 9.33. The van der Waals surface area contributed by atoms with Crippen LogP contribution in [0.25, 0.3) is 0 Å². The van der Waals surface area contributed by atoms with E-state index in [4.69, 9.17) is 4.74 Å². The van der Waals surface area contributed by atoms with E-state index in [2.05, 4.69) is 19.2 Å². The van der Waals surface area contributed by atoms with E-state index in [1.165, 1.54) is 0 Å². The quantitative estimate of drug-likeness (QED) is 0.793. The third-order valence-electron chi connectivity index (χ3n) is 6.79. The van der Waals surface area contributed by atoms with Crippen molar-refractivity contribution in [2.45, 2.75) is 83.0 Å². The Bertz CT molecular complexity index is 522. The van der Waals surface area contributed by atoms with Gasteiger partial charge in [-0.05, 0) is 56.8 Å². The highest BCUT2D eigenvalue weighted by atomic mass is 19.1. The maximum absolute atomic E-state index is 15.5. The number of hydrogen-bond donors (Lipinski definition) is 1. The van der Waals surface area contributed by atoms with Crippen LogP contribution in [0.2, 0.25) is 0 Å². The van der Waals surface area contributed by atoms with E-state index >= 15 is 4.39 Å². The minimum absolute atomic E-state index is 0.0199. The Labute approximate surface area is 144 Å². The molecule has 2 atom stereocenters. The second-order valence-corrected chi connectivity index (χ2v) is 10.6. The maximum Gasteiger partial charge on any atom is 0.318 e. The summed E-state index contributed by atoms with van der Waals surface area (Å²) < 4.78 is 21.0. The minimum atomic E-state index is -1.11. The van der Waals surface area contributed by atoms with Crippen molar-refractivity contribution in [3.8, 4) is 0 Å². The Balaban J connectivity index is 1.59. The van der Waals surface area contributed by atoms with Gasteiger partial charge in [0.05, 0.1) is 18.8 Å². The van der Waals surface area contributed by atoms with E-state index in [0.29, 0.717) is 39.0 Å². The first-order valence-electron chi connectivity index (χ1n) is 9.33. The fraction of sp³-hybridized carbons (Fsp3) is 0.947. The highest BCUT2D eigenvalue weighted by molar-refractivity contribution is 5.76. The zero-order valence-corrected chi connectivity index (χ0v) is 15.5. The number of nitrogens with one attached hydrogen (secondary N) is 1. The number of halogens is 1. The van der Waals surface area contributed by atoms with Gasteiger partial charge in [-0.1, -0.05) is 13.8 Å². The molecule has 5 rings (SSSR count). The van der Waals surface area contributed by atoms with Crippen LogP contribution in [0.4, 0.5) is 9.18 Å². The average Bonchev–Trinajstić information content (AvgIpc) is 2.30. The molecule has 1 N–H and O–H groups in total. The van der Waals surface area contributed by atoms with Crippen LogP contribution in [0.5, 0.6) is 0 Å². The zero-order chi connectivity index (χ0) is 17.4.